The van der Waals surface area contributed by atoms with E-state index in [4.69, 9.17) is 0 Å². The quantitative estimate of drug-likeness (QED) is 0.759. The molecular formula is C17H21NO. The zero-order chi connectivity index (χ0) is 13.2. The number of benzene rings is 1. The van der Waals surface area contributed by atoms with E-state index in [0.717, 1.165) is 19.3 Å². The summed E-state index contributed by atoms with van der Waals surface area (Å²) in [6.07, 6.45) is 9.34. The molecule has 2 unspecified atom stereocenters. The lowest BCUT2D eigenvalue weighted by Crippen LogP contribution is -2.42. The van der Waals surface area contributed by atoms with Gasteiger partial charge in [-0.05, 0) is 38.2 Å². The summed E-state index contributed by atoms with van der Waals surface area (Å²) in [7, 11) is 0. The van der Waals surface area contributed by atoms with Crippen LogP contribution >= 0.6 is 0 Å². The Labute approximate surface area is 115 Å². The van der Waals surface area contributed by atoms with Crippen molar-refractivity contribution < 1.29 is 4.79 Å². The van der Waals surface area contributed by atoms with Gasteiger partial charge in [0, 0.05) is 12.5 Å². The first kappa shape index (κ1) is 12.5. The molecule has 2 aliphatic heterocycles. The van der Waals surface area contributed by atoms with Crippen LogP contribution in [0.15, 0.2) is 36.4 Å². The number of amides is 1. The van der Waals surface area contributed by atoms with E-state index in [9.17, 15) is 4.79 Å². The molecule has 1 amide bonds. The topological polar surface area (TPSA) is 20.3 Å². The van der Waals surface area contributed by atoms with E-state index in [1.807, 2.05) is 0 Å². The van der Waals surface area contributed by atoms with Gasteiger partial charge in [-0.25, -0.2) is 0 Å². The second-order valence-corrected chi connectivity index (χ2v) is 5.75. The highest BCUT2D eigenvalue weighted by Gasteiger charge is 2.36. The van der Waals surface area contributed by atoms with Crippen molar-refractivity contribution in [2.45, 2.75) is 51.1 Å². The largest absolute Gasteiger partial charge is 0.333 e. The van der Waals surface area contributed by atoms with Crippen LogP contribution in [-0.2, 0) is 11.2 Å². The molecule has 1 aromatic rings. The summed E-state index contributed by atoms with van der Waals surface area (Å²) < 4.78 is 0. The summed E-state index contributed by atoms with van der Waals surface area (Å²) in [4.78, 5) is 14.5. The molecular weight excluding hydrogens is 234 g/mol. The first-order valence-corrected chi connectivity index (χ1v) is 7.27. The Morgan fingerprint density at radius 1 is 1.37 bits per heavy atom. The van der Waals surface area contributed by atoms with E-state index in [0.29, 0.717) is 24.4 Å². The third kappa shape index (κ3) is 2.58. The summed E-state index contributed by atoms with van der Waals surface area (Å²) in [6, 6.07) is 9.32. The van der Waals surface area contributed by atoms with Crippen molar-refractivity contribution in [3.05, 3.63) is 47.5 Å². The van der Waals surface area contributed by atoms with Crippen LogP contribution in [0.1, 0.15) is 36.8 Å². The highest BCUT2D eigenvalue weighted by Crippen LogP contribution is 2.32. The number of carbonyl (C=O) groups is 1. The fourth-order valence-electron chi connectivity index (χ4n) is 3.36. The maximum Gasteiger partial charge on any atom is 0.223 e. The Kier molecular flexibility index (Phi) is 3.41. The van der Waals surface area contributed by atoms with Crippen LogP contribution in [0.2, 0.25) is 0 Å². The first-order chi connectivity index (χ1) is 9.24. The maximum absolute atomic E-state index is 12.4. The lowest BCUT2D eigenvalue weighted by molar-refractivity contribution is -0.133. The second kappa shape index (κ2) is 5.20. The van der Waals surface area contributed by atoms with Crippen molar-refractivity contribution in [2.75, 3.05) is 0 Å². The molecule has 0 aliphatic carbocycles. The fraction of sp³-hybridized carbons (Fsp3) is 0.471. The smallest absolute Gasteiger partial charge is 0.223 e. The molecule has 3 rings (SSSR count). The van der Waals surface area contributed by atoms with Gasteiger partial charge in [-0.2, -0.15) is 0 Å². The van der Waals surface area contributed by atoms with Crippen molar-refractivity contribution >= 4 is 5.91 Å². The summed E-state index contributed by atoms with van der Waals surface area (Å²) in [5.41, 5.74) is 2.54. The summed E-state index contributed by atoms with van der Waals surface area (Å²) in [5, 5.41) is 0. The van der Waals surface area contributed by atoms with Crippen molar-refractivity contribution in [3.63, 3.8) is 0 Å². The zero-order valence-corrected chi connectivity index (χ0v) is 11.5. The first-order valence-electron chi connectivity index (χ1n) is 7.27. The number of hydrogen-bond donors (Lipinski definition) is 0. The van der Waals surface area contributed by atoms with Crippen LogP contribution in [0, 0.1) is 6.92 Å². The molecule has 0 N–H and O–H groups in total. The van der Waals surface area contributed by atoms with Crippen LogP contribution in [0.4, 0.5) is 0 Å². The Morgan fingerprint density at radius 2 is 2.26 bits per heavy atom. The van der Waals surface area contributed by atoms with Crippen molar-refractivity contribution in [1.29, 1.82) is 0 Å². The molecule has 2 bridgehead atoms. The lowest BCUT2D eigenvalue weighted by Gasteiger charge is -2.31. The molecule has 2 aliphatic rings. The number of hydrogen-bond acceptors (Lipinski definition) is 1. The predicted molar refractivity (Wildman–Crippen MR) is 76.9 cm³/mol. The average molecular weight is 255 g/mol. The zero-order valence-electron chi connectivity index (χ0n) is 11.5. The lowest BCUT2D eigenvalue weighted by atomic mass is 10.0. The molecule has 2 atom stereocenters. The molecule has 19 heavy (non-hydrogen) atoms. The van der Waals surface area contributed by atoms with Gasteiger partial charge >= 0.3 is 0 Å². The fourth-order valence-corrected chi connectivity index (χ4v) is 3.36. The van der Waals surface area contributed by atoms with Crippen LogP contribution in [0.5, 0.6) is 0 Å². The van der Waals surface area contributed by atoms with E-state index in [1.54, 1.807) is 0 Å². The molecule has 0 aromatic heterocycles. The van der Waals surface area contributed by atoms with Gasteiger partial charge < -0.3 is 4.90 Å². The molecule has 0 spiro atoms. The Balaban J connectivity index is 1.62. The Morgan fingerprint density at radius 3 is 3.05 bits per heavy atom. The van der Waals surface area contributed by atoms with Crippen LogP contribution in [0.3, 0.4) is 0 Å². The Bertz CT molecular complexity index is 506. The number of carbonyl (C=O) groups excluding carboxylic acids is 1. The van der Waals surface area contributed by atoms with Crippen molar-refractivity contribution in [3.8, 4) is 0 Å². The normalized spacial score (nSPS) is 24.8. The van der Waals surface area contributed by atoms with E-state index >= 15 is 0 Å². The molecule has 1 aromatic carbocycles. The average Bonchev–Trinajstić information content (AvgIpc) is 2.66. The number of nitrogens with zero attached hydrogens (tertiary/aromatic N) is 1. The van der Waals surface area contributed by atoms with E-state index in [2.05, 4.69) is 48.2 Å². The third-order valence-corrected chi connectivity index (χ3v) is 4.31. The number of aryl methyl sites for hydroxylation is 2. The van der Waals surface area contributed by atoms with Gasteiger partial charge in [0.1, 0.15) is 0 Å². The molecule has 1 fully saturated rings. The van der Waals surface area contributed by atoms with Crippen LogP contribution in [-0.4, -0.2) is 22.9 Å². The summed E-state index contributed by atoms with van der Waals surface area (Å²) in [5.74, 6) is 0.332. The number of rotatable bonds is 3. The minimum atomic E-state index is 0.332. The minimum absolute atomic E-state index is 0.332. The molecule has 2 nitrogen and oxygen atoms in total. The van der Waals surface area contributed by atoms with Gasteiger partial charge in [0.15, 0.2) is 0 Å². The van der Waals surface area contributed by atoms with Crippen LogP contribution < -0.4 is 0 Å². The highest BCUT2D eigenvalue weighted by atomic mass is 16.2. The maximum atomic E-state index is 12.4. The van der Waals surface area contributed by atoms with E-state index in [-0.39, 0.29) is 0 Å². The summed E-state index contributed by atoms with van der Waals surface area (Å²) in [6.45, 7) is 2.10. The SMILES string of the molecule is Cc1cccc(CCC(=O)N2C3C=CCC2CC3)c1. The van der Waals surface area contributed by atoms with Gasteiger partial charge in [0.25, 0.3) is 0 Å². The second-order valence-electron chi connectivity index (χ2n) is 5.75. The van der Waals surface area contributed by atoms with Crippen LogP contribution in [0.25, 0.3) is 0 Å². The van der Waals surface area contributed by atoms with E-state index in [1.165, 1.54) is 17.5 Å². The van der Waals surface area contributed by atoms with E-state index < -0.39 is 0 Å². The summed E-state index contributed by atoms with van der Waals surface area (Å²) >= 11 is 0. The molecule has 1 saturated heterocycles. The van der Waals surface area contributed by atoms with Gasteiger partial charge in [0.2, 0.25) is 5.91 Å². The standard InChI is InChI=1S/C17H21NO/c1-13-4-2-5-14(12-13)8-11-17(19)18-15-6-3-7-16(18)10-9-15/h2-6,12,15-16H,7-11H2,1H3. The minimum Gasteiger partial charge on any atom is -0.333 e. The number of fused-ring (bicyclic) bond motifs is 2. The van der Waals surface area contributed by atoms with Gasteiger partial charge in [-0.15, -0.1) is 0 Å². The predicted octanol–water partition coefficient (Wildman–Crippen LogP) is 3.25. The van der Waals surface area contributed by atoms with Gasteiger partial charge in [-0.3, -0.25) is 4.79 Å². The molecule has 2 heteroatoms. The monoisotopic (exact) mass is 255 g/mol. The molecule has 100 valence electrons. The van der Waals surface area contributed by atoms with Crippen molar-refractivity contribution in [2.24, 2.45) is 0 Å². The highest BCUT2D eigenvalue weighted by molar-refractivity contribution is 5.78. The van der Waals surface area contributed by atoms with Gasteiger partial charge in [0.05, 0.1) is 6.04 Å². The van der Waals surface area contributed by atoms with Crippen molar-refractivity contribution in [1.82, 2.24) is 4.90 Å². The molecule has 0 saturated carbocycles. The molecule has 0 radical (unpaired) electrons. The Hall–Kier alpha value is -1.57. The van der Waals surface area contributed by atoms with Gasteiger partial charge in [-0.1, -0.05) is 42.0 Å². The third-order valence-electron chi connectivity index (χ3n) is 4.31. The molecule has 2 heterocycles.